The summed E-state index contributed by atoms with van der Waals surface area (Å²) in [6, 6.07) is 10.6. The minimum atomic E-state index is -0.582. The Kier molecular flexibility index (Phi) is 5.17. The van der Waals surface area contributed by atoms with E-state index in [4.69, 9.17) is 14.2 Å². The Morgan fingerprint density at radius 1 is 1.19 bits per heavy atom. The Labute approximate surface area is 157 Å². The second-order valence-corrected chi connectivity index (χ2v) is 7.31. The fraction of sp³-hybridized carbons (Fsp3) is 0.333. The molecule has 0 fully saturated rings. The monoisotopic (exact) mass is 372 g/mol. The third-order valence-electron chi connectivity index (χ3n) is 3.99. The van der Waals surface area contributed by atoms with Crippen molar-refractivity contribution in [2.24, 2.45) is 0 Å². The van der Waals surface area contributed by atoms with Crippen LogP contribution in [0.1, 0.15) is 42.6 Å². The molecule has 1 aliphatic rings. The third kappa shape index (κ3) is 4.64. The van der Waals surface area contributed by atoms with E-state index < -0.39 is 17.5 Å². The van der Waals surface area contributed by atoms with Gasteiger partial charge in [0.2, 0.25) is 0 Å². The number of halogens is 1. The first-order chi connectivity index (χ1) is 12.7. The fourth-order valence-corrected chi connectivity index (χ4v) is 2.81. The van der Waals surface area contributed by atoms with Gasteiger partial charge in [-0.1, -0.05) is 12.1 Å². The van der Waals surface area contributed by atoms with Gasteiger partial charge in [0.1, 0.15) is 29.5 Å². The lowest BCUT2D eigenvalue weighted by Gasteiger charge is -2.25. The number of carbonyl (C=O) groups is 2. The molecule has 0 N–H and O–H groups in total. The van der Waals surface area contributed by atoms with E-state index in [9.17, 15) is 14.0 Å². The van der Waals surface area contributed by atoms with Gasteiger partial charge in [0.05, 0.1) is 11.5 Å². The molecule has 3 rings (SSSR count). The Hall–Kier alpha value is -2.89. The van der Waals surface area contributed by atoms with Crippen LogP contribution in [0.5, 0.6) is 11.5 Å². The molecule has 6 heteroatoms. The highest BCUT2D eigenvalue weighted by atomic mass is 19.1. The van der Waals surface area contributed by atoms with Crippen molar-refractivity contribution in [3.05, 3.63) is 59.4 Å². The van der Waals surface area contributed by atoms with Crippen molar-refractivity contribution >= 4 is 11.8 Å². The number of fused-ring (bicyclic) bond motifs is 1. The van der Waals surface area contributed by atoms with E-state index in [1.807, 2.05) is 0 Å². The molecule has 0 spiro atoms. The number of benzene rings is 2. The summed E-state index contributed by atoms with van der Waals surface area (Å²) in [6.45, 7) is 5.26. The van der Waals surface area contributed by atoms with Gasteiger partial charge in [-0.25, -0.2) is 9.18 Å². The van der Waals surface area contributed by atoms with Gasteiger partial charge < -0.3 is 14.2 Å². The lowest BCUT2D eigenvalue weighted by molar-refractivity contribution is -0.157. The Bertz CT molecular complexity index is 852. The van der Waals surface area contributed by atoms with Crippen LogP contribution in [0.25, 0.3) is 0 Å². The molecule has 1 heterocycles. The molecule has 1 aliphatic heterocycles. The number of esters is 1. The van der Waals surface area contributed by atoms with Crippen molar-refractivity contribution in [2.75, 3.05) is 13.2 Å². The van der Waals surface area contributed by atoms with Crippen molar-refractivity contribution in [2.45, 2.75) is 32.3 Å². The summed E-state index contributed by atoms with van der Waals surface area (Å²) in [5.74, 6) is -0.593. The maximum absolute atomic E-state index is 13.1. The SMILES string of the molecule is CC(C)(C)OC(=O)COc1ccc2c(c1)OCC(c1ccc(F)cc1)C2=O. The maximum atomic E-state index is 13.1. The van der Waals surface area contributed by atoms with Crippen molar-refractivity contribution in [3.8, 4) is 11.5 Å². The van der Waals surface area contributed by atoms with Gasteiger partial charge in [0.25, 0.3) is 0 Å². The molecule has 0 aliphatic carbocycles. The third-order valence-corrected chi connectivity index (χ3v) is 3.99. The summed E-state index contributed by atoms with van der Waals surface area (Å²) in [7, 11) is 0. The van der Waals surface area contributed by atoms with E-state index in [0.29, 0.717) is 22.6 Å². The highest BCUT2D eigenvalue weighted by molar-refractivity contribution is 6.04. The molecule has 0 bridgehead atoms. The Morgan fingerprint density at radius 3 is 2.56 bits per heavy atom. The molecule has 2 aromatic rings. The smallest absolute Gasteiger partial charge is 0.344 e. The second-order valence-electron chi connectivity index (χ2n) is 7.31. The molecule has 27 heavy (non-hydrogen) atoms. The number of carbonyl (C=O) groups excluding carboxylic acids is 2. The van der Waals surface area contributed by atoms with E-state index in [1.54, 1.807) is 51.1 Å². The predicted octanol–water partition coefficient (Wildman–Crippen LogP) is 3.91. The molecule has 0 radical (unpaired) electrons. The molecular weight excluding hydrogens is 351 g/mol. The first-order valence-corrected chi connectivity index (χ1v) is 8.64. The molecule has 2 aromatic carbocycles. The lowest BCUT2D eigenvalue weighted by Crippen LogP contribution is -2.27. The summed E-state index contributed by atoms with van der Waals surface area (Å²) in [6.07, 6.45) is 0. The van der Waals surface area contributed by atoms with Gasteiger partial charge in [0.15, 0.2) is 12.4 Å². The standard InChI is InChI=1S/C21H21FO5/c1-21(2,3)27-19(23)12-25-15-8-9-16-18(10-15)26-11-17(20(16)24)13-4-6-14(22)7-5-13/h4-10,17H,11-12H2,1-3H3. The first-order valence-electron chi connectivity index (χ1n) is 8.64. The van der Waals surface area contributed by atoms with Crippen LogP contribution in [0.4, 0.5) is 4.39 Å². The number of Topliss-reactive ketones (excluding diaryl/α,β-unsaturated/α-hetero) is 1. The van der Waals surface area contributed by atoms with E-state index in [2.05, 4.69) is 0 Å². The van der Waals surface area contributed by atoms with Gasteiger partial charge in [-0.05, 0) is 50.6 Å². The van der Waals surface area contributed by atoms with Crippen molar-refractivity contribution < 1.29 is 28.2 Å². The summed E-state index contributed by atoms with van der Waals surface area (Å²) in [4.78, 5) is 24.5. The summed E-state index contributed by atoms with van der Waals surface area (Å²) >= 11 is 0. The molecule has 1 unspecified atom stereocenters. The van der Waals surface area contributed by atoms with Crippen LogP contribution >= 0.6 is 0 Å². The van der Waals surface area contributed by atoms with Crippen LogP contribution in [-0.4, -0.2) is 30.6 Å². The van der Waals surface area contributed by atoms with Gasteiger partial charge in [-0.3, -0.25) is 4.79 Å². The van der Waals surface area contributed by atoms with E-state index in [-0.39, 0.29) is 24.8 Å². The number of hydrogen-bond acceptors (Lipinski definition) is 5. The highest BCUT2D eigenvalue weighted by Gasteiger charge is 2.30. The van der Waals surface area contributed by atoms with E-state index >= 15 is 0 Å². The topological polar surface area (TPSA) is 61.8 Å². The number of hydrogen-bond donors (Lipinski definition) is 0. The summed E-state index contributed by atoms with van der Waals surface area (Å²) in [5, 5.41) is 0. The zero-order valence-electron chi connectivity index (χ0n) is 15.5. The molecule has 0 saturated heterocycles. The molecule has 0 saturated carbocycles. The molecular formula is C21H21FO5. The maximum Gasteiger partial charge on any atom is 0.344 e. The van der Waals surface area contributed by atoms with Gasteiger partial charge in [-0.15, -0.1) is 0 Å². The molecule has 142 valence electrons. The zero-order valence-corrected chi connectivity index (χ0v) is 15.5. The minimum Gasteiger partial charge on any atom is -0.492 e. The van der Waals surface area contributed by atoms with Gasteiger partial charge in [0, 0.05) is 6.07 Å². The second kappa shape index (κ2) is 7.39. The van der Waals surface area contributed by atoms with Crippen LogP contribution in [-0.2, 0) is 9.53 Å². The zero-order chi connectivity index (χ0) is 19.6. The normalized spacial score (nSPS) is 16.3. The van der Waals surface area contributed by atoms with E-state index in [0.717, 1.165) is 0 Å². The Balaban J connectivity index is 1.69. The van der Waals surface area contributed by atoms with Crippen LogP contribution < -0.4 is 9.47 Å². The molecule has 5 nitrogen and oxygen atoms in total. The first kappa shape index (κ1) is 18.9. The predicted molar refractivity (Wildman–Crippen MR) is 96.7 cm³/mol. The molecule has 0 aromatic heterocycles. The summed E-state index contributed by atoms with van der Waals surface area (Å²) in [5.41, 5.74) is 0.554. The van der Waals surface area contributed by atoms with Gasteiger partial charge >= 0.3 is 5.97 Å². The fourth-order valence-electron chi connectivity index (χ4n) is 2.81. The van der Waals surface area contributed by atoms with Crippen LogP contribution in [0.3, 0.4) is 0 Å². The van der Waals surface area contributed by atoms with Crippen LogP contribution in [0, 0.1) is 5.82 Å². The molecule has 0 amide bonds. The average Bonchev–Trinajstić information content (AvgIpc) is 2.60. The van der Waals surface area contributed by atoms with Crippen LogP contribution in [0.15, 0.2) is 42.5 Å². The largest absolute Gasteiger partial charge is 0.492 e. The van der Waals surface area contributed by atoms with Gasteiger partial charge in [-0.2, -0.15) is 0 Å². The number of ketones is 1. The van der Waals surface area contributed by atoms with Crippen LogP contribution in [0.2, 0.25) is 0 Å². The quantitative estimate of drug-likeness (QED) is 0.762. The van der Waals surface area contributed by atoms with Crippen molar-refractivity contribution in [1.82, 2.24) is 0 Å². The minimum absolute atomic E-state index is 0.0958. The van der Waals surface area contributed by atoms with Crippen molar-refractivity contribution in [1.29, 1.82) is 0 Å². The lowest BCUT2D eigenvalue weighted by atomic mass is 9.89. The number of rotatable bonds is 4. The summed E-state index contributed by atoms with van der Waals surface area (Å²) < 4.78 is 29.4. The highest BCUT2D eigenvalue weighted by Crippen LogP contribution is 2.35. The Morgan fingerprint density at radius 2 is 1.89 bits per heavy atom. The average molecular weight is 372 g/mol. The number of ether oxygens (including phenoxy) is 3. The molecule has 1 atom stereocenters. The van der Waals surface area contributed by atoms with E-state index in [1.165, 1.54) is 12.1 Å². The van der Waals surface area contributed by atoms with Crippen molar-refractivity contribution in [3.63, 3.8) is 0 Å².